The van der Waals surface area contributed by atoms with Crippen LogP contribution in [0.5, 0.6) is 0 Å². The van der Waals surface area contributed by atoms with Crippen molar-refractivity contribution in [2.45, 2.75) is 19.9 Å². The maximum atomic E-state index is 13.1. The van der Waals surface area contributed by atoms with Crippen LogP contribution in [0.15, 0.2) is 78.9 Å². The van der Waals surface area contributed by atoms with Gasteiger partial charge in [-0.3, -0.25) is 14.4 Å². The molecule has 0 unspecified atom stereocenters. The maximum Gasteiger partial charge on any atom is 0.252 e. The lowest BCUT2D eigenvalue weighted by atomic mass is 9.98. The van der Waals surface area contributed by atoms with Crippen molar-refractivity contribution in [3.8, 4) is 0 Å². The molecule has 0 fully saturated rings. The van der Waals surface area contributed by atoms with Crippen molar-refractivity contribution in [1.82, 2.24) is 5.32 Å². The summed E-state index contributed by atoms with van der Waals surface area (Å²) in [6.45, 7) is 2.76. The molecule has 0 bridgehead atoms. The second-order valence-corrected chi connectivity index (χ2v) is 6.89. The van der Waals surface area contributed by atoms with Crippen LogP contribution in [0.3, 0.4) is 0 Å². The van der Waals surface area contributed by atoms with Gasteiger partial charge in [0.15, 0.2) is 0 Å². The van der Waals surface area contributed by atoms with Crippen LogP contribution in [0.25, 0.3) is 0 Å². The van der Waals surface area contributed by atoms with Gasteiger partial charge in [-0.25, -0.2) is 0 Å². The Labute approximate surface area is 175 Å². The highest BCUT2D eigenvalue weighted by Crippen LogP contribution is 2.24. The molecule has 0 saturated heterocycles. The van der Waals surface area contributed by atoms with Gasteiger partial charge in [0, 0.05) is 30.8 Å². The highest BCUT2D eigenvalue weighted by molar-refractivity contribution is 6.00. The quantitative estimate of drug-likeness (QED) is 0.581. The van der Waals surface area contributed by atoms with Gasteiger partial charge in [0.2, 0.25) is 11.8 Å². The molecule has 6 nitrogen and oxygen atoms in total. The van der Waals surface area contributed by atoms with E-state index in [4.69, 9.17) is 0 Å². The summed E-state index contributed by atoms with van der Waals surface area (Å²) in [6.07, 6.45) is 0. The Balaban J connectivity index is 1.95. The average Bonchev–Trinajstić information content (AvgIpc) is 2.72. The molecule has 0 aromatic heterocycles. The van der Waals surface area contributed by atoms with Gasteiger partial charge >= 0.3 is 0 Å². The van der Waals surface area contributed by atoms with Crippen molar-refractivity contribution < 1.29 is 14.4 Å². The zero-order chi connectivity index (χ0) is 21.5. The molecule has 0 spiro atoms. The first-order valence-electron chi connectivity index (χ1n) is 9.53. The molecule has 0 saturated carbocycles. The Bertz CT molecular complexity index is 976. The SMILES string of the molecule is CC(=O)Nc1cc(NC(C)=O)cc(C(=O)NC(c2ccccc2)c2ccccc2)c1. The van der Waals surface area contributed by atoms with Crippen molar-refractivity contribution in [2.24, 2.45) is 0 Å². The number of amides is 3. The third-order valence-corrected chi connectivity index (χ3v) is 4.38. The number of hydrogen-bond donors (Lipinski definition) is 3. The van der Waals surface area contributed by atoms with E-state index in [1.807, 2.05) is 60.7 Å². The number of carbonyl (C=O) groups excluding carboxylic acids is 3. The lowest BCUT2D eigenvalue weighted by molar-refractivity contribution is -0.115. The second kappa shape index (κ2) is 9.52. The fraction of sp³-hybridized carbons (Fsp3) is 0.125. The van der Waals surface area contributed by atoms with E-state index in [1.165, 1.54) is 13.8 Å². The summed E-state index contributed by atoms with van der Waals surface area (Å²) in [7, 11) is 0. The van der Waals surface area contributed by atoms with Gasteiger partial charge in [-0.15, -0.1) is 0 Å². The van der Waals surface area contributed by atoms with E-state index in [2.05, 4.69) is 16.0 Å². The van der Waals surface area contributed by atoms with Gasteiger partial charge < -0.3 is 16.0 Å². The number of rotatable bonds is 6. The van der Waals surface area contributed by atoms with Gasteiger partial charge in [0.25, 0.3) is 5.91 Å². The maximum absolute atomic E-state index is 13.1. The van der Waals surface area contributed by atoms with Crippen molar-refractivity contribution in [3.05, 3.63) is 95.6 Å². The van der Waals surface area contributed by atoms with E-state index in [-0.39, 0.29) is 23.8 Å². The third-order valence-electron chi connectivity index (χ3n) is 4.38. The minimum absolute atomic E-state index is 0.271. The molecule has 0 aliphatic heterocycles. The predicted molar refractivity (Wildman–Crippen MR) is 117 cm³/mol. The predicted octanol–water partition coefficient (Wildman–Crippen LogP) is 4.12. The smallest absolute Gasteiger partial charge is 0.252 e. The second-order valence-electron chi connectivity index (χ2n) is 6.89. The van der Waals surface area contributed by atoms with Crippen molar-refractivity contribution in [2.75, 3.05) is 10.6 Å². The van der Waals surface area contributed by atoms with E-state index in [0.717, 1.165) is 11.1 Å². The molecular formula is C24H23N3O3. The number of anilines is 2. The van der Waals surface area contributed by atoms with Crippen LogP contribution in [0.1, 0.15) is 41.4 Å². The fourth-order valence-electron chi connectivity index (χ4n) is 3.17. The zero-order valence-electron chi connectivity index (χ0n) is 16.8. The summed E-state index contributed by atoms with van der Waals surface area (Å²) >= 11 is 0. The normalized spacial score (nSPS) is 10.4. The highest BCUT2D eigenvalue weighted by Gasteiger charge is 2.18. The van der Waals surface area contributed by atoms with Crippen molar-refractivity contribution >= 4 is 29.1 Å². The summed E-state index contributed by atoms with van der Waals surface area (Å²) in [5, 5.41) is 8.38. The van der Waals surface area contributed by atoms with E-state index >= 15 is 0 Å². The molecule has 3 amide bonds. The summed E-state index contributed by atoms with van der Waals surface area (Å²) in [4.78, 5) is 36.1. The van der Waals surface area contributed by atoms with Crippen LogP contribution >= 0.6 is 0 Å². The van der Waals surface area contributed by atoms with Gasteiger partial charge in [-0.1, -0.05) is 60.7 Å². The zero-order valence-corrected chi connectivity index (χ0v) is 16.8. The van der Waals surface area contributed by atoms with Crippen LogP contribution in [0, 0.1) is 0 Å². The molecule has 3 N–H and O–H groups in total. The molecule has 0 aliphatic rings. The molecule has 3 rings (SSSR count). The molecule has 152 valence electrons. The number of benzene rings is 3. The Morgan fingerprint density at radius 1 is 0.667 bits per heavy atom. The topological polar surface area (TPSA) is 87.3 Å². The van der Waals surface area contributed by atoms with Crippen LogP contribution in [0.2, 0.25) is 0 Å². The average molecular weight is 401 g/mol. The molecule has 30 heavy (non-hydrogen) atoms. The Morgan fingerprint density at radius 2 is 1.10 bits per heavy atom. The number of nitrogens with one attached hydrogen (secondary N) is 3. The molecule has 6 heteroatoms. The van der Waals surface area contributed by atoms with E-state index in [0.29, 0.717) is 16.9 Å². The van der Waals surface area contributed by atoms with Crippen molar-refractivity contribution in [1.29, 1.82) is 0 Å². The summed E-state index contributed by atoms with van der Waals surface area (Å²) in [6, 6.07) is 23.7. The van der Waals surface area contributed by atoms with E-state index in [1.54, 1.807) is 18.2 Å². The molecule has 0 aliphatic carbocycles. The van der Waals surface area contributed by atoms with Gasteiger partial charge in [0.05, 0.1) is 6.04 Å². The molecule has 0 atom stereocenters. The first kappa shape index (κ1) is 20.8. The molecule has 0 radical (unpaired) electrons. The van der Waals surface area contributed by atoms with Crippen LogP contribution in [-0.4, -0.2) is 17.7 Å². The van der Waals surface area contributed by atoms with Gasteiger partial charge in [0.1, 0.15) is 0 Å². The van der Waals surface area contributed by atoms with E-state index < -0.39 is 0 Å². The van der Waals surface area contributed by atoms with Crippen LogP contribution in [-0.2, 0) is 9.59 Å². The summed E-state index contributed by atoms with van der Waals surface area (Å²) < 4.78 is 0. The summed E-state index contributed by atoms with van der Waals surface area (Å²) in [5.41, 5.74) is 3.06. The fourth-order valence-corrected chi connectivity index (χ4v) is 3.17. The minimum atomic E-state index is -0.353. The lowest BCUT2D eigenvalue weighted by Crippen LogP contribution is -2.29. The van der Waals surface area contributed by atoms with E-state index in [9.17, 15) is 14.4 Å². The molecule has 3 aromatic rings. The number of hydrogen-bond acceptors (Lipinski definition) is 3. The first-order chi connectivity index (χ1) is 14.4. The minimum Gasteiger partial charge on any atom is -0.341 e. The third kappa shape index (κ3) is 5.54. The Kier molecular flexibility index (Phi) is 6.60. The summed E-state index contributed by atoms with van der Waals surface area (Å²) in [5.74, 6) is -0.868. The van der Waals surface area contributed by atoms with Crippen LogP contribution < -0.4 is 16.0 Å². The number of carbonyl (C=O) groups is 3. The standard InChI is InChI=1S/C24H23N3O3/c1-16(28)25-21-13-20(14-22(15-21)26-17(2)29)24(30)27-23(18-9-5-3-6-10-18)19-11-7-4-8-12-19/h3-15,23H,1-2H3,(H,25,28)(H,26,29)(H,27,30). The largest absolute Gasteiger partial charge is 0.341 e. The first-order valence-corrected chi connectivity index (χ1v) is 9.53. The molecule has 3 aromatic carbocycles. The lowest BCUT2D eigenvalue weighted by Gasteiger charge is -2.20. The van der Waals surface area contributed by atoms with Gasteiger partial charge in [-0.05, 0) is 29.3 Å². The Morgan fingerprint density at radius 3 is 1.50 bits per heavy atom. The van der Waals surface area contributed by atoms with Crippen LogP contribution in [0.4, 0.5) is 11.4 Å². The highest BCUT2D eigenvalue weighted by atomic mass is 16.2. The molecule has 0 heterocycles. The van der Waals surface area contributed by atoms with Gasteiger partial charge in [-0.2, -0.15) is 0 Å². The monoisotopic (exact) mass is 401 g/mol. The Hall–Kier alpha value is -3.93. The van der Waals surface area contributed by atoms with Crippen molar-refractivity contribution in [3.63, 3.8) is 0 Å². The molecular weight excluding hydrogens is 378 g/mol.